The highest BCUT2D eigenvalue weighted by Gasteiger charge is 2.22. The van der Waals surface area contributed by atoms with Gasteiger partial charge in [0.2, 0.25) is 0 Å². The van der Waals surface area contributed by atoms with Crippen molar-refractivity contribution in [3.05, 3.63) is 10.0 Å². The molecule has 0 spiro atoms. The Bertz CT molecular complexity index is 320. The van der Waals surface area contributed by atoms with Crippen molar-refractivity contribution in [2.45, 2.75) is 32.5 Å². The Balaban J connectivity index is 1.97. The van der Waals surface area contributed by atoms with Crippen molar-refractivity contribution in [3.63, 3.8) is 0 Å². The second-order valence-electron chi connectivity index (χ2n) is 4.16. The van der Waals surface area contributed by atoms with E-state index in [0.717, 1.165) is 25.3 Å². The van der Waals surface area contributed by atoms with Crippen LogP contribution in [0.4, 0.5) is 0 Å². The lowest BCUT2D eigenvalue weighted by atomic mass is 10.1. The first kappa shape index (κ1) is 11.3. The maximum atomic E-state index is 5.98. The summed E-state index contributed by atoms with van der Waals surface area (Å²) in [4.78, 5) is 2.37. The molecule has 15 heavy (non-hydrogen) atoms. The molecule has 2 atom stereocenters. The van der Waals surface area contributed by atoms with Crippen LogP contribution in [0.3, 0.4) is 0 Å². The van der Waals surface area contributed by atoms with Crippen molar-refractivity contribution in [1.82, 2.24) is 19.8 Å². The highest BCUT2D eigenvalue weighted by atomic mass is 35.5. The number of halogens is 1. The number of piperazine rings is 1. The molecule has 2 heterocycles. The van der Waals surface area contributed by atoms with Gasteiger partial charge in [0.25, 0.3) is 0 Å². The van der Waals surface area contributed by atoms with E-state index in [4.69, 9.17) is 11.6 Å². The van der Waals surface area contributed by atoms with Crippen molar-refractivity contribution in [1.29, 1.82) is 0 Å². The van der Waals surface area contributed by atoms with Gasteiger partial charge in [0, 0.05) is 43.3 Å². The monoisotopic (exact) mass is 246 g/mol. The third kappa shape index (κ3) is 2.87. The molecule has 0 saturated carbocycles. The first-order valence-electron chi connectivity index (χ1n) is 5.10. The molecule has 84 valence electrons. The van der Waals surface area contributed by atoms with E-state index >= 15 is 0 Å². The van der Waals surface area contributed by atoms with Gasteiger partial charge in [0.15, 0.2) is 0 Å². The SMILES string of the molecule is CC1CN(Cc2nnsc2Cl)CC(C)N1. The van der Waals surface area contributed by atoms with Gasteiger partial charge in [-0.05, 0) is 13.8 Å². The number of hydrogen-bond donors (Lipinski definition) is 1. The van der Waals surface area contributed by atoms with Crippen molar-refractivity contribution < 1.29 is 0 Å². The number of aromatic nitrogens is 2. The van der Waals surface area contributed by atoms with E-state index in [1.54, 1.807) is 0 Å². The minimum Gasteiger partial charge on any atom is -0.309 e. The van der Waals surface area contributed by atoms with Crippen LogP contribution in [-0.2, 0) is 6.54 Å². The predicted octanol–water partition coefficient (Wildman–Crippen LogP) is 1.37. The van der Waals surface area contributed by atoms with Crippen LogP contribution in [0.1, 0.15) is 19.5 Å². The van der Waals surface area contributed by atoms with Gasteiger partial charge in [0.05, 0.1) is 0 Å². The molecule has 2 rings (SSSR count). The minimum atomic E-state index is 0.527. The summed E-state index contributed by atoms with van der Waals surface area (Å²) in [6.45, 7) is 7.29. The Morgan fingerprint density at radius 1 is 1.47 bits per heavy atom. The highest BCUT2D eigenvalue weighted by molar-refractivity contribution is 7.10. The molecule has 1 saturated heterocycles. The molecule has 1 fully saturated rings. The normalized spacial score (nSPS) is 28.2. The van der Waals surface area contributed by atoms with Crippen molar-refractivity contribution in [3.8, 4) is 0 Å². The van der Waals surface area contributed by atoms with E-state index in [1.165, 1.54) is 11.5 Å². The van der Waals surface area contributed by atoms with Crippen LogP contribution in [0.15, 0.2) is 0 Å². The quantitative estimate of drug-likeness (QED) is 0.856. The smallest absolute Gasteiger partial charge is 0.138 e. The van der Waals surface area contributed by atoms with Gasteiger partial charge >= 0.3 is 0 Å². The minimum absolute atomic E-state index is 0.527. The summed E-state index contributed by atoms with van der Waals surface area (Å²) in [5.41, 5.74) is 0.906. The lowest BCUT2D eigenvalue weighted by molar-refractivity contribution is 0.165. The van der Waals surface area contributed by atoms with Crippen LogP contribution in [-0.4, -0.2) is 39.7 Å². The zero-order valence-corrected chi connectivity index (χ0v) is 10.5. The van der Waals surface area contributed by atoms with Gasteiger partial charge in [-0.25, -0.2) is 0 Å². The topological polar surface area (TPSA) is 41.1 Å². The molecular weight excluding hydrogens is 232 g/mol. The zero-order valence-electron chi connectivity index (χ0n) is 8.90. The van der Waals surface area contributed by atoms with Gasteiger partial charge < -0.3 is 5.32 Å². The molecule has 4 nitrogen and oxygen atoms in total. The zero-order chi connectivity index (χ0) is 10.8. The van der Waals surface area contributed by atoms with Crippen LogP contribution in [0.2, 0.25) is 4.34 Å². The molecule has 0 bridgehead atoms. The maximum absolute atomic E-state index is 5.98. The lowest BCUT2D eigenvalue weighted by Gasteiger charge is -2.35. The van der Waals surface area contributed by atoms with Gasteiger partial charge in [-0.3, -0.25) is 4.90 Å². The molecular formula is C9H15ClN4S. The second-order valence-corrected chi connectivity index (χ2v) is 5.51. The average molecular weight is 247 g/mol. The van der Waals surface area contributed by atoms with Crippen LogP contribution < -0.4 is 5.32 Å². The average Bonchev–Trinajstić information content (AvgIpc) is 2.50. The molecule has 0 aliphatic carbocycles. The number of hydrogen-bond acceptors (Lipinski definition) is 5. The Kier molecular flexibility index (Phi) is 3.56. The van der Waals surface area contributed by atoms with E-state index in [0.29, 0.717) is 16.4 Å². The maximum Gasteiger partial charge on any atom is 0.138 e. The van der Waals surface area contributed by atoms with Crippen molar-refractivity contribution in [2.75, 3.05) is 13.1 Å². The molecule has 2 unspecified atom stereocenters. The first-order valence-corrected chi connectivity index (χ1v) is 6.25. The Hall–Kier alpha value is -0.230. The highest BCUT2D eigenvalue weighted by Crippen LogP contribution is 2.19. The predicted molar refractivity (Wildman–Crippen MR) is 62.3 cm³/mol. The molecule has 1 aromatic rings. The van der Waals surface area contributed by atoms with E-state index in [1.807, 2.05) is 0 Å². The Morgan fingerprint density at radius 3 is 2.67 bits per heavy atom. The van der Waals surface area contributed by atoms with Crippen LogP contribution in [0.5, 0.6) is 0 Å². The molecule has 1 aromatic heterocycles. The van der Waals surface area contributed by atoms with E-state index in [9.17, 15) is 0 Å². The standard InChI is InChI=1S/C9H15ClN4S/c1-6-3-14(4-7(2)11-6)5-8-9(10)15-13-12-8/h6-7,11H,3-5H2,1-2H3. The summed E-state index contributed by atoms with van der Waals surface area (Å²) in [6.07, 6.45) is 0. The summed E-state index contributed by atoms with van der Waals surface area (Å²) in [5.74, 6) is 0. The van der Waals surface area contributed by atoms with E-state index < -0.39 is 0 Å². The fourth-order valence-corrected chi connectivity index (χ4v) is 2.68. The Labute approximate surface area is 98.8 Å². The molecule has 0 aromatic carbocycles. The fourth-order valence-electron chi connectivity index (χ4n) is 2.07. The Morgan fingerprint density at radius 2 is 2.13 bits per heavy atom. The molecule has 6 heteroatoms. The third-order valence-electron chi connectivity index (χ3n) is 2.52. The fraction of sp³-hybridized carbons (Fsp3) is 0.778. The first-order chi connectivity index (χ1) is 7.15. The molecule has 0 amide bonds. The molecule has 0 radical (unpaired) electrons. The van der Waals surface area contributed by atoms with Gasteiger partial charge in [0.1, 0.15) is 10.0 Å². The summed E-state index contributed by atoms with van der Waals surface area (Å²) < 4.78 is 4.56. The second kappa shape index (κ2) is 4.74. The number of nitrogens with one attached hydrogen (secondary N) is 1. The largest absolute Gasteiger partial charge is 0.309 e. The van der Waals surface area contributed by atoms with Crippen LogP contribution in [0, 0.1) is 0 Å². The summed E-state index contributed by atoms with van der Waals surface area (Å²) in [6, 6.07) is 1.05. The van der Waals surface area contributed by atoms with Crippen molar-refractivity contribution in [2.24, 2.45) is 0 Å². The lowest BCUT2D eigenvalue weighted by Crippen LogP contribution is -2.53. The van der Waals surface area contributed by atoms with E-state index in [-0.39, 0.29) is 0 Å². The van der Waals surface area contributed by atoms with Gasteiger partial charge in [-0.15, -0.1) is 5.10 Å². The molecule has 1 aliphatic rings. The summed E-state index contributed by atoms with van der Waals surface area (Å²) in [5, 5.41) is 7.53. The number of nitrogens with zero attached hydrogens (tertiary/aromatic N) is 3. The third-order valence-corrected chi connectivity index (χ3v) is 3.50. The summed E-state index contributed by atoms with van der Waals surface area (Å²) in [7, 11) is 0. The molecule has 1 aliphatic heterocycles. The molecule has 1 N–H and O–H groups in total. The van der Waals surface area contributed by atoms with Gasteiger partial charge in [-0.2, -0.15) is 0 Å². The van der Waals surface area contributed by atoms with Crippen LogP contribution >= 0.6 is 23.1 Å². The van der Waals surface area contributed by atoms with Gasteiger partial charge in [-0.1, -0.05) is 16.1 Å². The number of rotatable bonds is 2. The summed E-state index contributed by atoms with van der Waals surface area (Å²) >= 11 is 7.24. The van der Waals surface area contributed by atoms with Crippen molar-refractivity contribution >= 4 is 23.1 Å². The van der Waals surface area contributed by atoms with E-state index in [2.05, 4.69) is 33.7 Å². The van der Waals surface area contributed by atoms with Crippen LogP contribution in [0.25, 0.3) is 0 Å².